The summed E-state index contributed by atoms with van der Waals surface area (Å²) in [6, 6.07) is 3.41. The molecule has 4 rings (SSSR count). The summed E-state index contributed by atoms with van der Waals surface area (Å²) in [5, 5.41) is 11.1. The summed E-state index contributed by atoms with van der Waals surface area (Å²) in [5.41, 5.74) is -0.145. The fourth-order valence-corrected chi connectivity index (χ4v) is 3.88. The van der Waals surface area contributed by atoms with Crippen LogP contribution in [0.5, 0.6) is 0 Å². The summed E-state index contributed by atoms with van der Waals surface area (Å²) in [6.07, 6.45) is 3.94. The van der Waals surface area contributed by atoms with Crippen LogP contribution in [0, 0.1) is 5.41 Å². The summed E-state index contributed by atoms with van der Waals surface area (Å²) in [5.74, 6) is 1.08. The second-order valence-corrected chi connectivity index (χ2v) is 7.54. The third kappa shape index (κ3) is 3.54. The van der Waals surface area contributed by atoms with Crippen molar-refractivity contribution in [2.24, 2.45) is 5.41 Å². The molecule has 1 spiro atoms. The quantitative estimate of drug-likeness (QED) is 0.852. The molecule has 2 amide bonds. The second-order valence-electron chi connectivity index (χ2n) is 7.54. The van der Waals surface area contributed by atoms with E-state index in [4.69, 9.17) is 9.15 Å². The number of aromatic nitrogens is 3. The molecule has 0 aliphatic carbocycles. The Bertz CT molecular complexity index is 837. The zero-order chi connectivity index (χ0) is 19.6. The van der Waals surface area contributed by atoms with E-state index >= 15 is 0 Å². The highest BCUT2D eigenvalue weighted by Gasteiger charge is 2.40. The maximum absolute atomic E-state index is 12.5. The molecule has 2 aliphatic heterocycles. The van der Waals surface area contributed by atoms with Gasteiger partial charge in [0.1, 0.15) is 6.61 Å². The number of likely N-dealkylation sites (tertiary alicyclic amines) is 1. The molecule has 2 aromatic heterocycles. The zero-order valence-corrected chi connectivity index (χ0v) is 16.0. The molecule has 1 fully saturated rings. The second kappa shape index (κ2) is 7.75. The highest BCUT2D eigenvalue weighted by Crippen LogP contribution is 2.36. The average Bonchev–Trinajstić information content (AvgIpc) is 3.34. The first-order chi connectivity index (χ1) is 13.6. The van der Waals surface area contributed by atoms with Gasteiger partial charge >= 0.3 is 0 Å². The number of carbonyl (C=O) groups is 2. The number of rotatable bonds is 4. The Morgan fingerprint density at radius 2 is 2.11 bits per heavy atom. The minimum Gasteiger partial charge on any atom is -0.459 e. The fraction of sp³-hybridized carbons (Fsp3) is 0.579. The highest BCUT2D eigenvalue weighted by atomic mass is 16.5. The van der Waals surface area contributed by atoms with Crippen LogP contribution >= 0.6 is 0 Å². The summed E-state index contributed by atoms with van der Waals surface area (Å²) in [4.78, 5) is 26.8. The van der Waals surface area contributed by atoms with Gasteiger partial charge in [-0.2, -0.15) is 0 Å². The molecule has 150 valence electrons. The number of amides is 2. The topological polar surface area (TPSA) is 102 Å². The zero-order valence-electron chi connectivity index (χ0n) is 16.0. The molecule has 0 unspecified atom stereocenters. The first-order valence-electron chi connectivity index (χ1n) is 9.73. The first kappa shape index (κ1) is 18.7. The smallest absolute Gasteiger partial charge is 0.289 e. The molecule has 9 nitrogen and oxygen atoms in total. The van der Waals surface area contributed by atoms with E-state index in [9.17, 15) is 9.59 Å². The van der Waals surface area contributed by atoms with E-state index in [-0.39, 0.29) is 17.2 Å². The van der Waals surface area contributed by atoms with Gasteiger partial charge in [0, 0.05) is 31.6 Å². The molecule has 9 heteroatoms. The summed E-state index contributed by atoms with van der Waals surface area (Å²) >= 11 is 0. The van der Waals surface area contributed by atoms with Gasteiger partial charge in [-0.15, -0.1) is 10.2 Å². The van der Waals surface area contributed by atoms with Gasteiger partial charge in [0.2, 0.25) is 5.82 Å². The Labute approximate surface area is 163 Å². The minimum atomic E-state index is -0.205. The van der Waals surface area contributed by atoms with Crippen LogP contribution in [0.3, 0.4) is 0 Å². The van der Waals surface area contributed by atoms with Crippen molar-refractivity contribution in [3.63, 3.8) is 0 Å². The molecule has 0 bridgehead atoms. The maximum atomic E-state index is 12.5. The van der Waals surface area contributed by atoms with E-state index in [0.29, 0.717) is 56.8 Å². The number of carbonyl (C=O) groups excluding carboxylic acids is 2. The molecular formula is C19H25N5O4. The van der Waals surface area contributed by atoms with Crippen LogP contribution in [0.1, 0.15) is 53.2 Å². The Morgan fingerprint density at radius 1 is 1.29 bits per heavy atom. The number of piperidine rings is 1. The summed E-state index contributed by atoms with van der Waals surface area (Å²) in [7, 11) is 0. The molecule has 4 heterocycles. The van der Waals surface area contributed by atoms with Gasteiger partial charge in [0.05, 0.1) is 12.9 Å². The standard InChI is InChI=1S/C19H25N5O4/c1-2-7-20-17(25)16-22-21-15-11-27-13-19(12-24(15)16)5-8-23(9-6-19)18(26)14-4-3-10-28-14/h3-4,10H,2,5-9,11-13H2,1H3,(H,20,25). The van der Waals surface area contributed by atoms with Crippen molar-refractivity contribution in [3.8, 4) is 0 Å². The SMILES string of the molecule is CCCNC(=O)c1nnc2n1CC1(CCN(C(=O)c3ccco3)CC1)COC2. The van der Waals surface area contributed by atoms with E-state index in [2.05, 4.69) is 15.5 Å². The molecule has 0 atom stereocenters. The maximum Gasteiger partial charge on any atom is 0.289 e. The molecule has 0 radical (unpaired) electrons. The lowest BCUT2D eigenvalue weighted by atomic mass is 9.78. The molecular weight excluding hydrogens is 362 g/mol. The molecule has 2 aromatic rings. The number of furan rings is 1. The molecule has 1 N–H and O–H groups in total. The predicted octanol–water partition coefficient (Wildman–Crippen LogP) is 1.46. The number of fused-ring (bicyclic) bond motifs is 1. The Balaban J connectivity index is 1.48. The predicted molar refractivity (Wildman–Crippen MR) is 98.6 cm³/mol. The average molecular weight is 387 g/mol. The van der Waals surface area contributed by atoms with Crippen LogP contribution in [0.15, 0.2) is 22.8 Å². The first-order valence-corrected chi connectivity index (χ1v) is 9.73. The number of ether oxygens (including phenoxy) is 1. The van der Waals surface area contributed by atoms with Crippen molar-refractivity contribution in [2.75, 3.05) is 26.2 Å². The van der Waals surface area contributed by atoms with Gasteiger partial charge < -0.3 is 23.9 Å². The monoisotopic (exact) mass is 387 g/mol. The van der Waals surface area contributed by atoms with E-state index in [0.717, 1.165) is 19.3 Å². The van der Waals surface area contributed by atoms with Gasteiger partial charge in [-0.25, -0.2) is 0 Å². The van der Waals surface area contributed by atoms with Gasteiger partial charge in [-0.3, -0.25) is 9.59 Å². The van der Waals surface area contributed by atoms with E-state index in [1.54, 1.807) is 12.1 Å². The van der Waals surface area contributed by atoms with Gasteiger partial charge in [-0.05, 0) is 31.4 Å². The summed E-state index contributed by atoms with van der Waals surface area (Å²) < 4.78 is 13.0. The molecule has 0 aromatic carbocycles. The van der Waals surface area contributed by atoms with Crippen molar-refractivity contribution in [2.45, 2.75) is 39.3 Å². The lowest BCUT2D eigenvalue weighted by Crippen LogP contribution is -2.46. The number of hydrogen-bond donors (Lipinski definition) is 1. The van der Waals surface area contributed by atoms with Crippen molar-refractivity contribution < 1.29 is 18.7 Å². The fourth-order valence-electron chi connectivity index (χ4n) is 3.88. The third-order valence-corrected chi connectivity index (χ3v) is 5.54. The van der Waals surface area contributed by atoms with E-state index in [1.165, 1.54) is 6.26 Å². The van der Waals surface area contributed by atoms with Crippen LogP contribution in [0.4, 0.5) is 0 Å². The Hall–Kier alpha value is -2.68. The van der Waals surface area contributed by atoms with Crippen molar-refractivity contribution >= 4 is 11.8 Å². The summed E-state index contributed by atoms with van der Waals surface area (Å²) in [6.45, 7) is 5.39. The van der Waals surface area contributed by atoms with Crippen LogP contribution < -0.4 is 5.32 Å². The lowest BCUT2D eigenvalue weighted by molar-refractivity contribution is -0.00268. The highest BCUT2D eigenvalue weighted by molar-refractivity contribution is 5.91. The van der Waals surface area contributed by atoms with E-state index in [1.807, 2.05) is 16.4 Å². The molecule has 1 saturated heterocycles. The van der Waals surface area contributed by atoms with Crippen molar-refractivity contribution in [1.29, 1.82) is 0 Å². The third-order valence-electron chi connectivity index (χ3n) is 5.54. The van der Waals surface area contributed by atoms with E-state index < -0.39 is 0 Å². The number of nitrogens with zero attached hydrogens (tertiary/aromatic N) is 4. The normalized spacial score (nSPS) is 18.5. The van der Waals surface area contributed by atoms with Gasteiger partial charge in [0.25, 0.3) is 11.8 Å². The Kier molecular flexibility index (Phi) is 5.17. The van der Waals surface area contributed by atoms with Gasteiger partial charge in [-0.1, -0.05) is 6.92 Å². The van der Waals surface area contributed by atoms with Crippen LogP contribution in [0.2, 0.25) is 0 Å². The van der Waals surface area contributed by atoms with Crippen LogP contribution in [0.25, 0.3) is 0 Å². The number of hydrogen-bond acceptors (Lipinski definition) is 6. The van der Waals surface area contributed by atoms with Crippen LogP contribution in [-0.4, -0.2) is 57.7 Å². The van der Waals surface area contributed by atoms with Crippen molar-refractivity contribution in [1.82, 2.24) is 25.0 Å². The largest absolute Gasteiger partial charge is 0.459 e. The van der Waals surface area contributed by atoms with Gasteiger partial charge in [0.15, 0.2) is 11.6 Å². The van der Waals surface area contributed by atoms with Crippen molar-refractivity contribution in [3.05, 3.63) is 35.8 Å². The van der Waals surface area contributed by atoms with Crippen LogP contribution in [-0.2, 0) is 17.9 Å². The lowest BCUT2D eigenvalue weighted by Gasteiger charge is -2.40. The molecule has 28 heavy (non-hydrogen) atoms. The molecule has 2 aliphatic rings. The Morgan fingerprint density at radius 3 is 2.82 bits per heavy atom. The minimum absolute atomic E-state index is 0.0843. The molecule has 0 saturated carbocycles. The number of nitrogens with one attached hydrogen (secondary N) is 1.